The molecule has 0 saturated carbocycles. The van der Waals surface area contributed by atoms with E-state index in [1.807, 2.05) is 6.92 Å². The molecule has 2 heterocycles. The molecule has 2 unspecified atom stereocenters. The zero-order valence-electron chi connectivity index (χ0n) is 14.1. The largest absolute Gasteiger partial charge is 0.451 e. The van der Waals surface area contributed by atoms with Gasteiger partial charge >= 0.3 is 0 Å². The number of piperidine rings is 1. The normalized spacial score (nSPS) is 31.8. The number of amidine groups is 1. The third-order valence-corrected chi connectivity index (χ3v) is 4.36. The quantitative estimate of drug-likeness (QED) is 0.839. The van der Waals surface area contributed by atoms with Crippen molar-refractivity contribution >= 4 is 11.9 Å². The number of hydrogen-bond donors (Lipinski definition) is 2. The first-order valence-electron chi connectivity index (χ1n) is 7.96. The summed E-state index contributed by atoms with van der Waals surface area (Å²) in [5.74, 6) is 0.147. The molecule has 0 aromatic heterocycles. The molecule has 2 fully saturated rings. The van der Waals surface area contributed by atoms with Gasteiger partial charge in [0.1, 0.15) is 0 Å². The van der Waals surface area contributed by atoms with Gasteiger partial charge in [0.15, 0.2) is 6.10 Å². The maximum Gasteiger partial charge on any atom is 0.292 e. The third kappa shape index (κ3) is 3.96. The Morgan fingerprint density at radius 3 is 2.38 bits per heavy atom. The summed E-state index contributed by atoms with van der Waals surface area (Å²) in [4.78, 5) is 16.6. The number of aliphatic imine (C=N–C) groups is 1. The number of carbonyl (C=O) groups is 1. The molecule has 21 heavy (non-hydrogen) atoms. The van der Waals surface area contributed by atoms with Gasteiger partial charge in [0.2, 0.25) is 0 Å². The number of hydrogen-bond acceptors (Lipinski definition) is 4. The first-order chi connectivity index (χ1) is 9.62. The Labute approximate surface area is 127 Å². The SMILES string of the molecule is CCC(C)C1OC(=NC2CC(C)(C)NC(C)(C)C2)NC1=O. The van der Waals surface area contributed by atoms with E-state index in [1.165, 1.54) is 0 Å². The van der Waals surface area contributed by atoms with E-state index in [1.54, 1.807) is 0 Å². The fourth-order valence-electron chi connectivity index (χ4n) is 3.56. The van der Waals surface area contributed by atoms with Crippen molar-refractivity contribution in [3.05, 3.63) is 0 Å². The summed E-state index contributed by atoms with van der Waals surface area (Å²) in [6.07, 6.45) is 2.40. The van der Waals surface area contributed by atoms with Crippen molar-refractivity contribution in [3.63, 3.8) is 0 Å². The second kappa shape index (κ2) is 5.59. The molecule has 2 N–H and O–H groups in total. The first-order valence-corrected chi connectivity index (χ1v) is 7.96. The zero-order chi connectivity index (χ0) is 15.8. The molecule has 0 radical (unpaired) electrons. The highest BCUT2D eigenvalue weighted by Crippen LogP contribution is 2.30. The summed E-state index contributed by atoms with van der Waals surface area (Å²) in [6, 6.07) is 0.575. The Morgan fingerprint density at radius 1 is 1.29 bits per heavy atom. The number of nitrogens with one attached hydrogen (secondary N) is 2. The summed E-state index contributed by atoms with van der Waals surface area (Å²) in [5, 5.41) is 6.42. The van der Waals surface area contributed by atoms with Crippen LogP contribution in [0.5, 0.6) is 0 Å². The molecule has 0 bridgehead atoms. The average Bonchev–Trinajstić information content (AvgIpc) is 2.64. The number of nitrogens with zero attached hydrogens (tertiary/aromatic N) is 1. The van der Waals surface area contributed by atoms with Crippen LogP contribution in [0.4, 0.5) is 0 Å². The number of amides is 1. The van der Waals surface area contributed by atoms with Crippen molar-refractivity contribution in [2.24, 2.45) is 10.9 Å². The maximum atomic E-state index is 12.0. The molecule has 0 aliphatic carbocycles. The molecule has 1 amide bonds. The minimum absolute atomic E-state index is 0.0369. The fourth-order valence-corrected chi connectivity index (χ4v) is 3.56. The molecule has 2 aliphatic rings. The highest BCUT2D eigenvalue weighted by Gasteiger charge is 2.39. The predicted molar refractivity (Wildman–Crippen MR) is 84.2 cm³/mol. The molecular formula is C16H29N3O2. The molecule has 5 nitrogen and oxygen atoms in total. The van der Waals surface area contributed by atoms with Crippen LogP contribution in [0.3, 0.4) is 0 Å². The van der Waals surface area contributed by atoms with Gasteiger partial charge in [-0.15, -0.1) is 0 Å². The van der Waals surface area contributed by atoms with E-state index in [0.29, 0.717) is 6.02 Å². The van der Waals surface area contributed by atoms with E-state index in [4.69, 9.17) is 4.74 Å². The van der Waals surface area contributed by atoms with Gasteiger partial charge in [-0.2, -0.15) is 0 Å². The molecule has 2 rings (SSSR count). The van der Waals surface area contributed by atoms with Gasteiger partial charge in [-0.1, -0.05) is 13.8 Å². The van der Waals surface area contributed by atoms with Gasteiger partial charge in [-0.25, -0.2) is 4.99 Å². The lowest BCUT2D eigenvalue weighted by Gasteiger charge is -2.45. The molecule has 5 heteroatoms. The van der Waals surface area contributed by atoms with Crippen molar-refractivity contribution in [3.8, 4) is 0 Å². The maximum absolute atomic E-state index is 12.0. The summed E-state index contributed by atoms with van der Waals surface area (Å²) in [5.41, 5.74) is 0.0738. The van der Waals surface area contributed by atoms with Crippen LogP contribution in [-0.4, -0.2) is 35.2 Å². The van der Waals surface area contributed by atoms with Gasteiger partial charge in [0, 0.05) is 17.0 Å². The van der Waals surface area contributed by atoms with Gasteiger partial charge in [0.25, 0.3) is 11.9 Å². The summed E-state index contributed by atoms with van der Waals surface area (Å²) >= 11 is 0. The third-order valence-electron chi connectivity index (χ3n) is 4.36. The minimum atomic E-state index is -0.392. The van der Waals surface area contributed by atoms with Crippen LogP contribution in [-0.2, 0) is 9.53 Å². The van der Waals surface area contributed by atoms with Crippen LogP contribution in [0, 0.1) is 5.92 Å². The summed E-state index contributed by atoms with van der Waals surface area (Å²) in [7, 11) is 0. The average molecular weight is 295 g/mol. The molecule has 120 valence electrons. The molecule has 2 atom stereocenters. The van der Waals surface area contributed by atoms with E-state index >= 15 is 0 Å². The second-order valence-corrected chi connectivity index (χ2v) is 7.80. The Kier molecular flexibility index (Phi) is 4.34. The Bertz CT molecular complexity index is 427. The van der Waals surface area contributed by atoms with Crippen molar-refractivity contribution in [1.82, 2.24) is 10.6 Å². The molecule has 0 aromatic rings. The predicted octanol–water partition coefficient (Wildman–Crippen LogP) is 2.21. The number of carbonyl (C=O) groups excluding carboxylic acids is 1. The van der Waals surface area contributed by atoms with Gasteiger partial charge in [-0.05, 0) is 47.0 Å². The smallest absolute Gasteiger partial charge is 0.292 e. The zero-order valence-corrected chi connectivity index (χ0v) is 14.1. The van der Waals surface area contributed by atoms with Crippen LogP contribution in [0.15, 0.2) is 4.99 Å². The standard InChI is InChI=1S/C16H29N3O2/c1-7-10(2)12-13(20)18-14(21-12)17-11-8-15(3,4)19-16(5,6)9-11/h10-12,19H,7-9H2,1-6H3,(H,17,18,20). The lowest BCUT2D eigenvalue weighted by Crippen LogP contribution is -2.59. The van der Waals surface area contributed by atoms with E-state index in [0.717, 1.165) is 19.3 Å². The molecule has 0 aromatic carbocycles. The van der Waals surface area contributed by atoms with E-state index in [-0.39, 0.29) is 28.9 Å². The van der Waals surface area contributed by atoms with E-state index in [9.17, 15) is 4.79 Å². The van der Waals surface area contributed by atoms with Crippen molar-refractivity contribution < 1.29 is 9.53 Å². The van der Waals surface area contributed by atoms with E-state index in [2.05, 4.69) is 50.2 Å². The molecule has 2 saturated heterocycles. The summed E-state index contributed by atoms with van der Waals surface area (Å²) in [6.45, 7) is 12.9. The van der Waals surface area contributed by atoms with Gasteiger partial charge < -0.3 is 10.1 Å². The molecule has 0 spiro atoms. The molecular weight excluding hydrogens is 266 g/mol. The minimum Gasteiger partial charge on any atom is -0.451 e. The highest BCUT2D eigenvalue weighted by atomic mass is 16.5. The molecule has 2 aliphatic heterocycles. The van der Waals surface area contributed by atoms with Gasteiger partial charge in [-0.3, -0.25) is 10.1 Å². The first kappa shape index (κ1) is 16.3. The Balaban J connectivity index is 2.08. The van der Waals surface area contributed by atoms with Crippen LogP contribution in [0.1, 0.15) is 60.8 Å². The highest BCUT2D eigenvalue weighted by molar-refractivity contribution is 6.02. The number of ether oxygens (including phenoxy) is 1. The Morgan fingerprint density at radius 2 is 1.86 bits per heavy atom. The van der Waals surface area contributed by atoms with Gasteiger partial charge in [0.05, 0.1) is 6.04 Å². The monoisotopic (exact) mass is 295 g/mol. The number of rotatable bonds is 3. The van der Waals surface area contributed by atoms with Crippen molar-refractivity contribution in [1.29, 1.82) is 0 Å². The Hall–Kier alpha value is -1.10. The topological polar surface area (TPSA) is 62.7 Å². The van der Waals surface area contributed by atoms with Crippen LogP contribution in [0.2, 0.25) is 0 Å². The van der Waals surface area contributed by atoms with E-state index < -0.39 is 6.10 Å². The van der Waals surface area contributed by atoms with Crippen LogP contribution < -0.4 is 10.6 Å². The lowest BCUT2D eigenvalue weighted by atomic mass is 9.80. The van der Waals surface area contributed by atoms with Crippen molar-refractivity contribution in [2.75, 3.05) is 0 Å². The van der Waals surface area contributed by atoms with Crippen LogP contribution in [0.25, 0.3) is 0 Å². The summed E-state index contributed by atoms with van der Waals surface area (Å²) < 4.78 is 5.73. The van der Waals surface area contributed by atoms with Crippen LogP contribution >= 0.6 is 0 Å². The lowest BCUT2D eigenvalue weighted by molar-refractivity contribution is -0.125. The van der Waals surface area contributed by atoms with Crippen molar-refractivity contribution in [2.45, 2.75) is 84.0 Å². The fraction of sp³-hybridized carbons (Fsp3) is 0.875. The second-order valence-electron chi connectivity index (χ2n) is 7.80.